The maximum absolute atomic E-state index is 10.4. The van der Waals surface area contributed by atoms with Gasteiger partial charge in [-0.2, -0.15) is 0 Å². The van der Waals surface area contributed by atoms with E-state index in [0.29, 0.717) is 13.0 Å². The predicted octanol–water partition coefficient (Wildman–Crippen LogP) is 4.19. The monoisotopic (exact) mass is 352 g/mol. The molecule has 0 aromatic carbocycles. The second-order valence-electron chi connectivity index (χ2n) is 7.78. The van der Waals surface area contributed by atoms with E-state index in [9.17, 15) is 5.11 Å². The minimum absolute atomic E-state index is 0.178. The Labute approximate surface area is 153 Å². The van der Waals surface area contributed by atoms with Crippen LogP contribution < -0.4 is 0 Å². The van der Waals surface area contributed by atoms with E-state index in [1.165, 1.54) is 51.4 Å². The van der Waals surface area contributed by atoms with E-state index in [2.05, 4.69) is 18.8 Å². The molecule has 0 unspecified atom stereocenters. The largest absolute Gasteiger partial charge is 0.388 e. The molecule has 2 aliphatic rings. The van der Waals surface area contributed by atoms with Crippen molar-refractivity contribution in [2.75, 3.05) is 6.61 Å². The molecule has 2 heterocycles. The van der Waals surface area contributed by atoms with Crippen LogP contribution in [0.25, 0.3) is 0 Å². The van der Waals surface area contributed by atoms with Crippen LogP contribution in [0.15, 0.2) is 0 Å². The van der Waals surface area contributed by atoms with E-state index in [1.54, 1.807) is 0 Å². The molecule has 0 aliphatic carbocycles. The summed E-state index contributed by atoms with van der Waals surface area (Å²) in [5, 5.41) is 10.4. The third-order valence-corrected chi connectivity index (χ3v) is 5.03. The van der Waals surface area contributed by atoms with Crippen LogP contribution >= 0.6 is 0 Å². The second kappa shape index (κ2) is 10.5. The third kappa shape index (κ3) is 6.90. The summed E-state index contributed by atoms with van der Waals surface area (Å²) in [4.78, 5) is 0. The topological polar surface area (TPSA) is 47.9 Å². The molecular weight excluding hydrogens is 316 g/mol. The number of aliphatic hydroxyl groups is 1. The molecule has 25 heavy (non-hydrogen) atoms. The molecule has 2 rings (SSSR count). The Morgan fingerprint density at radius 3 is 2.40 bits per heavy atom. The molecule has 0 saturated carbocycles. The summed E-state index contributed by atoms with van der Waals surface area (Å²) < 4.78 is 17.3. The van der Waals surface area contributed by atoms with Crippen molar-refractivity contribution in [1.29, 1.82) is 0 Å². The molecule has 144 valence electrons. The summed E-state index contributed by atoms with van der Waals surface area (Å²) in [6.45, 7) is 6.46. The summed E-state index contributed by atoms with van der Waals surface area (Å²) in [6.07, 6.45) is 10.7. The van der Waals surface area contributed by atoms with Gasteiger partial charge in [-0.15, -0.1) is 11.8 Å². The highest BCUT2D eigenvalue weighted by Crippen LogP contribution is 2.34. The minimum Gasteiger partial charge on any atom is -0.388 e. The van der Waals surface area contributed by atoms with Gasteiger partial charge in [0.1, 0.15) is 18.3 Å². The Morgan fingerprint density at radius 2 is 1.68 bits per heavy atom. The van der Waals surface area contributed by atoms with Gasteiger partial charge in [-0.05, 0) is 20.3 Å². The summed E-state index contributed by atoms with van der Waals surface area (Å²) >= 11 is 0. The first-order valence-electron chi connectivity index (χ1n) is 10.1. The zero-order valence-corrected chi connectivity index (χ0v) is 16.3. The van der Waals surface area contributed by atoms with E-state index in [-0.39, 0.29) is 18.3 Å². The molecule has 1 N–H and O–H groups in total. The minimum atomic E-state index is -0.650. The van der Waals surface area contributed by atoms with Crippen LogP contribution in [0.5, 0.6) is 0 Å². The van der Waals surface area contributed by atoms with Crippen LogP contribution in [0.4, 0.5) is 0 Å². The molecular formula is C21H36O4. The van der Waals surface area contributed by atoms with Crippen LogP contribution in [0.3, 0.4) is 0 Å². The molecule has 2 aliphatic heterocycles. The Hall–Kier alpha value is -0.600. The first-order valence-corrected chi connectivity index (χ1v) is 10.1. The maximum Gasteiger partial charge on any atom is 0.163 e. The van der Waals surface area contributed by atoms with Gasteiger partial charge in [-0.3, -0.25) is 0 Å². The van der Waals surface area contributed by atoms with E-state index in [4.69, 9.17) is 14.2 Å². The van der Waals surface area contributed by atoms with E-state index in [0.717, 1.165) is 6.42 Å². The number of hydrogen-bond donors (Lipinski definition) is 1. The van der Waals surface area contributed by atoms with Gasteiger partial charge in [0.2, 0.25) is 0 Å². The normalized spacial score (nSPS) is 30.6. The quantitative estimate of drug-likeness (QED) is 0.499. The number of hydrogen-bond acceptors (Lipinski definition) is 4. The Balaban J connectivity index is 1.56. The zero-order chi connectivity index (χ0) is 18.1. The summed E-state index contributed by atoms with van der Waals surface area (Å²) in [5.41, 5.74) is 0. The number of unbranched alkanes of at least 4 members (excludes halogenated alkanes) is 8. The molecule has 4 atom stereocenters. The van der Waals surface area contributed by atoms with Gasteiger partial charge in [-0.25, -0.2) is 0 Å². The highest BCUT2D eigenvalue weighted by Gasteiger charge is 2.49. The Morgan fingerprint density at radius 1 is 1.00 bits per heavy atom. The van der Waals surface area contributed by atoms with Gasteiger partial charge < -0.3 is 19.3 Å². The lowest BCUT2D eigenvalue weighted by Crippen LogP contribution is -2.50. The number of fused-ring (bicyclic) bond motifs is 1. The van der Waals surface area contributed by atoms with E-state index >= 15 is 0 Å². The molecule has 4 heteroatoms. The van der Waals surface area contributed by atoms with Crippen LogP contribution in [-0.4, -0.2) is 41.9 Å². The van der Waals surface area contributed by atoms with E-state index < -0.39 is 11.9 Å². The van der Waals surface area contributed by atoms with Crippen LogP contribution in [0, 0.1) is 11.8 Å². The van der Waals surface area contributed by atoms with Crippen molar-refractivity contribution in [1.82, 2.24) is 0 Å². The average molecular weight is 353 g/mol. The number of aliphatic hydroxyl groups excluding tert-OH is 1. The SMILES string of the molecule is CCCCCCCCCCC#CC[C@@H]1O[C@H]2COC(C)(C)O[C@H]2[C@@H]1O. The van der Waals surface area contributed by atoms with Crippen molar-refractivity contribution in [2.24, 2.45) is 0 Å². The Bertz CT molecular complexity index is 437. The molecule has 0 amide bonds. The zero-order valence-electron chi connectivity index (χ0n) is 16.3. The smallest absolute Gasteiger partial charge is 0.163 e. The molecule has 0 bridgehead atoms. The van der Waals surface area contributed by atoms with Gasteiger partial charge in [-0.1, -0.05) is 51.9 Å². The fourth-order valence-corrected chi connectivity index (χ4v) is 3.52. The highest BCUT2D eigenvalue weighted by atomic mass is 16.7. The lowest BCUT2D eigenvalue weighted by molar-refractivity contribution is -0.300. The molecule has 0 radical (unpaired) electrons. The van der Waals surface area contributed by atoms with Gasteiger partial charge in [0.15, 0.2) is 5.79 Å². The Kier molecular flexibility index (Phi) is 8.72. The predicted molar refractivity (Wildman–Crippen MR) is 99.2 cm³/mol. The van der Waals surface area contributed by atoms with Crippen molar-refractivity contribution >= 4 is 0 Å². The van der Waals surface area contributed by atoms with Crippen molar-refractivity contribution < 1.29 is 19.3 Å². The molecule has 2 fully saturated rings. The summed E-state index contributed by atoms with van der Waals surface area (Å²) in [7, 11) is 0. The third-order valence-electron chi connectivity index (χ3n) is 5.03. The molecule has 0 spiro atoms. The van der Waals surface area contributed by atoms with Gasteiger partial charge in [0.05, 0.1) is 12.7 Å². The van der Waals surface area contributed by atoms with Gasteiger partial charge in [0.25, 0.3) is 0 Å². The highest BCUT2D eigenvalue weighted by molar-refractivity contribution is 5.05. The lowest BCUT2D eigenvalue weighted by Gasteiger charge is -2.37. The molecule has 4 nitrogen and oxygen atoms in total. The van der Waals surface area contributed by atoms with Crippen LogP contribution in [0.1, 0.15) is 85.0 Å². The van der Waals surface area contributed by atoms with Crippen molar-refractivity contribution in [3.63, 3.8) is 0 Å². The van der Waals surface area contributed by atoms with Crippen molar-refractivity contribution in [3.8, 4) is 11.8 Å². The standard InChI is InChI=1S/C21H36O4/c1-4-5-6-7-8-9-10-11-12-13-14-15-17-19(22)20-18(24-17)16-23-21(2,3)25-20/h17-20,22H,4-12,15-16H2,1-3H3/t17-,18-,19+,20+/m0/s1. The fourth-order valence-electron chi connectivity index (χ4n) is 3.52. The van der Waals surface area contributed by atoms with Crippen LogP contribution in [0.2, 0.25) is 0 Å². The van der Waals surface area contributed by atoms with Crippen molar-refractivity contribution in [2.45, 2.75) is 115 Å². The maximum atomic E-state index is 10.4. The second-order valence-corrected chi connectivity index (χ2v) is 7.78. The average Bonchev–Trinajstić information content (AvgIpc) is 2.87. The van der Waals surface area contributed by atoms with E-state index in [1.807, 2.05) is 13.8 Å². The summed E-state index contributed by atoms with van der Waals surface area (Å²) in [6, 6.07) is 0. The first kappa shape index (κ1) is 20.7. The van der Waals surface area contributed by atoms with Crippen molar-refractivity contribution in [3.05, 3.63) is 0 Å². The van der Waals surface area contributed by atoms with Gasteiger partial charge in [0, 0.05) is 12.8 Å². The first-order chi connectivity index (χ1) is 12.0. The molecule has 2 saturated heterocycles. The van der Waals surface area contributed by atoms with Gasteiger partial charge >= 0.3 is 0 Å². The lowest BCUT2D eigenvalue weighted by atomic mass is 10.0. The molecule has 0 aromatic heterocycles. The molecule has 0 aromatic rings. The van der Waals surface area contributed by atoms with Crippen LogP contribution in [-0.2, 0) is 14.2 Å². The number of ether oxygens (including phenoxy) is 3. The summed E-state index contributed by atoms with van der Waals surface area (Å²) in [5.74, 6) is 5.75. The number of rotatable bonds is 9. The fraction of sp³-hybridized carbons (Fsp3) is 0.905.